The molecule has 0 aromatic rings. The van der Waals surface area contributed by atoms with Gasteiger partial charge in [0.25, 0.3) is 10.2 Å². The van der Waals surface area contributed by atoms with E-state index in [4.69, 9.17) is 4.74 Å². The number of morpholine rings is 1. The molecule has 20 heavy (non-hydrogen) atoms. The first-order chi connectivity index (χ1) is 9.47. The van der Waals surface area contributed by atoms with Crippen molar-refractivity contribution in [2.45, 2.75) is 32.7 Å². The van der Waals surface area contributed by atoms with Gasteiger partial charge in [-0.25, -0.2) is 0 Å². The number of ether oxygens (including phenoxy) is 1. The zero-order chi connectivity index (χ0) is 14.6. The molecule has 7 heteroatoms. The van der Waals surface area contributed by atoms with Crippen LogP contribution in [0.25, 0.3) is 0 Å². The van der Waals surface area contributed by atoms with Crippen LogP contribution in [0, 0.1) is 5.92 Å². The number of piperidine rings is 1. The highest BCUT2D eigenvalue weighted by molar-refractivity contribution is 7.87. The Morgan fingerprint density at radius 1 is 1.30 bits per heavy atom. The van der Waals surface area contributed by atoms with Crippen LogP contribution in [0.2, 0.25) is 0 Å². The van der Waals surface area contributed by atoms with Gasteiger partial charge in [-0.15, -0.1) is 0 Å². The van der Waals surface area contributed by atoms with Gasteiger partial charge in [0.2, 0.25) is 0 Å². The molecular formula is C13H27N3O3S. The van der Waals surface area contributed by atoms with Crippen molar-refractivity contribution in [2.24, 2.45) is 5.92 Å². The lowest BCUT2D eigenvalue weighted by Crippen LogP contribution is -2.51. The summed E-state index contributed by atoms with van der Waals surface area (Å²) in [6.07, 6.45) is 2.08. The maximum Gasteiger partial charge on any atom is 0.279 e. The second-order valence-electron chi connectivity index (χ2n) is 6.04. The first-order valence-electron chi connectivity index (χ1n) is 7.55. The topological polar surface area (TPSA) is 61.9 Å². The molecular weight excluding hydrogens is 278 g/mol. The van der Waals surface area contributed by atoms with E-state index in [1.54, 1.807) is 4.31 Å². The molecule has 0 saturated carbocycles. The Balaban J connectivity index is 1.83. The molecule has 0 aromatic heterocycles. The molecule has 0 aliphatic carbocycles. The van der Waals surface area contributed by atoms with Crippen molar-refractivity contribution in [3.63, 3.8) is 0 Å². The minimum Gasteiger partial charge on any atom is -0.379 e. The van der Waals surface area contributed by atoms with Crippen LogP contribution in [0.15, 0.2) is 0 Å². The molecule has 2 aliphatic heterocycles. The number of hydrogen-bond acceptors (Lipinski definition) is 4. The maximum absolute atomic E-state index is 12.4. The molecule has 0 aromatic carbocycles. The van der Waals surface area contributed by atoms with Crippen LogP contribution in [0.5, 0.6) is 0 Å². The molecule has 2 atom stereocenters. The summed E-state index contributed by atoms with van der Waals surface area (Å²) in [5.41, 5.74) is 0. The standard InChI is InChI=1S/C13H27N3O3S/c1-12-4-3-5-16(10-12)20(17,18)14-13(2)11-15-6-8-19-9-7-15/h12-14H,3-11H2,1-2H3/t12-,13+/m0/s1. The van der Waals surface area contributed by atoms with Gasteiger partial charge < -0.3 is 4.74 Å². The SMILES string of the molecule is C[C@H]1CCCN(S(=O)(=O)N[C@H](C)CN2CCOCC2)C1. The maximum atomic E-state index is 12.4. The van der Waals surface area contributed by atoms with Crippen molar-refractivity contribution in [3.05, 3.63) is 0 Å². The van der Waals surface area contributed by atoms with Crippen molar-refractivity contribution in [2.75, 3.05) is 45.9 Å². The van der Waals surface area contributed by atoms with Crippen LogP contribution < -0.4 is 4.72 Å². The third-order valence-electron chi connectivity index (χ3n) is 3.95. The first kappa shape index (κ1) is 16.2. The van der Waals surface area contributed by atoms with E-state index in [2.05, 4.69) is 16.5 Å². The smallest absolute Gasteiger partial charge is 0.279 e. The summed E-state index contributed by atoms with van der Waals surface area (Å²) in [6, 6.07) is -0.0738. The van der Waals surface area contributed by atoms with E-state index in [0.29, 0.717) is 19.0 Å². The van der Waals surface area contributed by atoms with E-state index in [1.807, 2.05) is 6.92 Å². The average molecular weight is 305 g/mol. The third kappa shape index (κ3) is 4.66. The molecule has 0 unspecified atom stereocenters. The fourth-order valence-electron chi connectivity index (χ4n) is 2.90. The van der Waals surface area contributed by atoms with Crippen LogP contribution >= 0.6 is 0 Å². The van der Waals surface area contributed by atoms with Crippen molar-refractivity contribution >= 4 is 10.2 Å². The molecule has 0 spiro atoms. The molecule has 0 bridgehead atoms. The molecule has 1 N–H and O–H groups in total. The lowest BCUT2D eigenvalue weighted by atomic mass is 10.0. The largest absolute Gasteiger partial charge is 0.379 e. The van der Waals surface area contributed by atoms with Crippen molar-refractivity contribution in [1.82, 2.24) is 13.9 Å². The van der Waals surface area contributed by atoms with Gasteiger partial charge >= 0.3 is 0 Å². The van der Waals surface area contributed by atoms with Crippen molar-refractivity contribution in [1.29, 1.82) is 0 Å². The minimum absolute atomic E-state index is 0.0738. The van der Waals surface area contributed by atoms with Crippen LogP contribution in [-0.2, 0) is 14.9 Å². The normalized spacial score (nSPS) is 28.4. The Morgan fingerprint density at radius 3 is 2.65 bits per heavy atom. The summed E-state index contributed by atoms with van der Waals surface area (Å²) in [6.45, 7) is 9.31. The second kappa shape index (κ2) is 7.17. The van der Waals surface area contributed by atoms with Crippen LogP contribution in [0.1, 0.15) is 26.7 Å². The Kier molecular flexibility index (Phi) is 5.80. The van der Waals surface area contributed by atoms with Gasteiger partial charge in [-0.05, 0) is 25.7 Å². The van der Waals surface area contributed by atoms with Gasteiger partial charge in [0.05, 0.1) is 13.2 Å². The fraction of sp³-hybridized carbons (Fsp3) is 1.00. The Labute approximate surface area is 122 Å². The van der Waals surface area contributed by atoms with E-state index >= 15 is 0 Å². The van der Waals surface area contributed by atoms with E-state index < -0.39 is 10.2 Å². The molecule has 2 saturated heterocycles. The van der Waals surface area contributed by atoms with Gasteiger partial charge in [-0.2, -0.15) is 17.4 Å². The van der Waals surface area contributed by atoms with E-state index in [-0.39, 0.29) is 6.04 Å². The summed E-state index contributed by atoms with van der Waals surface area (Å²) < 4.78 is 34.4. The van der Waals surface area contributed by atoms with E-state index in [1.165, 1.54) is 0 Å². The molecule has 2 rings (SSSR count). The van der Waals surface area contributed by atoms with Crippen molar-refractivity contribution < 1.29 is 13.2 Å². The Morgan fingerprint density at radius 2 is 2.00 bits per heavy atom. The highest BCUT2D eigenvalue weighted by Gasteiger charge is 2.28. The number of rotatable bonds is 5. The minimum atomic E-state index is -3.34. The van der Waals surface area contributed by atoms with Gasteiger partial charge in [-0.1, -0.05) is 6.92 Å². The summed E-state index contributed by atoms with van der Waals surface area (Å²) in [4.78, 5) is 2.25. The molecule has 0 amide bonds. The van der Waals surface area contributed by atoms with Gasteiger partial charge in [0.15, 0.2) is 0 Å². The monoisotopic (exact) mass is 305 g/mol. The lowest BCUT2D eigenvalue weighted by molar-refractivity contribution is 0.0353. The van der Waals surface area contributed by atoms with Gasteiger partial charge in [0.1, 0.15) is 0 Å². The number of nitrogens with zero attached hydrogens (tertiary/aromatic N) is 2. The zero-order valence-corrected chi connectivity index (χ0v) is 13.4. The summed E-state index contributed by atoms with van der Waals surface area (Å²) in [5.74, 6) is 0.454. The van der Waals surface area contributed by atoms with Crippen LogP contribution in [-0.4, -0.2) is 69.6 Å². The summed E-state index contributed by atoms with van der Waals surface area (Å²) in [7, 11) is -3.34. The average Bonchev–Trinajstić information content (AvgIpc) is 2.39. The first-order valence-corrected chi connectivity index (χ1v) is 8.99. The number of nitrogens with one attached hydrogen (secondary N) is 1. The molecule has 118 valence electrons. The molecule has 2 heterocycles. The second-order valence-corrected chi connectivity index (χ2v) is 7.74. The molecule has 2 fully saturated rings. The summed E-state index contributed by atoms with van der Waals surface area (Å²) in [5, 5.41) is 0. The predicted octanol–water partition coefficient (Wildman–Crippen LogP) is 0.273. The fourth-order valence-corrected chi connectivity index (χ4v) is 4.45. The summed E-state index contributed by atoms with van der Waals surface area (Å²) >= 11 is 0. The number of hydrogen-bond donors (Lipinski definition) is 1. The van der Waals surface area contributed by atoms with E-state index in [9.17, 15) is 8.42 Å². The van der Waals surface area contributed by atoms with E-state index in [0.717, 1.165) is 45.7 Å². The molecule has 2 aliphatic rings. The molecule has 0 radical (unpaired) electrons. The molecule has 6 nitrogen and oxygen atoms in total. The third-order valence-corrected chi connectivity index (χ3v) is 5.66. The van der Waals surface area contributed by atoms with Gasteiger partial charge in [-0.3, -0.25) is 4.90 Å². The van der Waals surface area contributed by atoms with Gasteiger partial charge in [0, 0.05) is 38.8 Å². The Hall–Kier alpha value is -0.210. The predicted molar refractivity (Wildman–Crippen MR) is 78.7 cm³/mol. The van der Waals surface area contributed by atoms with Crippen LogP contribution in [0.4, 0.5) is 0 Å². The lowest BCUT2D eigenvalue weighted by Gasteiger charge is -2.33. The van der Waals surface area contributed by atoms with Crippen LogP contribution in [0.3, 0.4) is 0 Å². The highest BCUT2D eigenvalue weighted by atomic mass is 32.2. The van der Waals surface area contributed by atoms with Crippen molar-refractivity contribution in [3.8, 4) is 0 Å². The highest BCUT2D eigenvalue weighted by Crippen LogP contribution is 2.17. The zero-order valence-electron chi connectivity index (χ0n) is 12.5. The Bertz CT molecular complexity index is 396. The quantitative estimate of drug-likeness (QED) is 0.792.